The average Bonchev–Trinajstić information content (AvgIpc) is 3.72. The molecule has 0 N–H and O–H groups in total. The molecule has 5 heteroatoms. The summed E-state index contributed by atoms with van der Waals surface area (Å²) in [5, 5.41) is 9.72. The van der Waals surface area contributed by atoms with E-state index in [1.54, 1.807) is 11.3 Å². The number of hydrogen-bond donors (Lipinski definition) is 0. The summed E-state index contributed by atoms with van der Waals surface area (Å²) >= 11 is 3.60. The van der Waals surface area contributed by atoms with Crippen LogP contribution in [0.1, 0.15) is 0 Å². The second-order valence-corrected chi connectivity index (χ2v) is 13.1. The summed E-state index contributed by atoms with van der Waals surface area (Å²) in [6, 6.07) is 45.7. The van der Waals surface area contributed by atoms with Gasteiger partial charge in [-0.25, -0.2) is 9.97 Å². The van der Waals surface area contributed by atoms with Gasteiger partial charge in [0.1, 0.15) is 4.83 Å². The van der Waals surface area contributed by atoms with E-state index in [4.69, 9.17) is 9.97 Å². The molecule has 0 unspecified atom stereocenters. The smallest absolute Gasteiger partial charge is 0.236 e. The minimum absolute atomic E-state index is 0.701. The highest BCUT2D eigenvalue weighted by Crippen LogP contribution is 2.43. The second kappa shape index (κ2) is 8.71. The first kappa shape index (κ1) is 23.5. The molecule has 0 bridgehead atoms. The van der Waals surface area contributed by atoms with Gasteiger partial charge < -0.3 is 0 Å². The van der Waals surface area contributed by atoms with Crippen LogP contribution in [0.4, 0.5) is 0 Å². The van der Waals surface area contributed by atoms with Gasteiger partial charge in [0, 0.05) is 52.0 Å². The third kappa shape index (κ3) is 3.29. The minimum atomic E-state index is 0.701. The van der Waals surface area contributed by atoms with Gasteiger partial charge in [-0.1, -0.05) is 97.1 Å². The Labute approximate surface area is 253 Å². The van der Waals surface area contributed by atoms with E-state index in [1.165, 1.54) is 51.8 Å². The topological polar surface area (TPSA) is 30.7 Å². The molecular formula is C38H21N3S2. The largest absolute Gasteiger partial charge is 0.278 e. The highest BCUT2D eigenvalue weighted by atomic mass is 32.1. The van der Waals surface area contributed by atoms with E-state index in [9.17, 15) is 0 Å². The zero-order chi connectivity index (χ0) is 28.1. The number of thiophene rings is 2. The summed E-state index contributed by atoms with van der Waals surface area (Å²) in [6.45, 7) is 0. The molecule has 0 atom stereocenters. The van der Waals surface area contributed by atoms with Gasteiger partial charge in [0.25, 0.3) is 0 Å². The van der Waals surface area contributed by atoms with Crippen molar-refractivity contribution in [1.82, 2.24) is 14.5 Å². The molecule has 0 saturated heterocycles. The fraction of sp³-hybridized carbons (Fsp3) is 0. The van der Waals surface area contributed by atoms with E-state index in [0.29, 0.717) is 5.95 Å². The molecule has 0 saturated carbocycles. The third-order valence-corrected chi connectivity index (χ3v) is 10.8. The molecule has 43 heavy (non-hydrogen) atoms. The van der Waals surface area contributed by atoms with Gasteiger partial charge in [0.05, 0.1) is 16.7 Å². The Balaban J connectivity index is 1.37. The lowest BCUT2D eigenvalue weighted by atomic mass is 9.99. The molecule has 4 heterocycles. The van der Waals surface area contributed by atoms with Gasteiger partial charge in [-0.3, -0.25) is 4.57 Å². The molecule has 200 valence electrons. The Bertz CT molecular complexity index is 2740. The molecule has 10 aromatic rings. The summed E-state index contributed by atoms with van der Waals surface area (Å²) in [6.07, 6.45) is 0. The Morgan fingerprint density at radius 2 is 1.16 bits per heavy atom. The van der Waals surface area contributed by atoms with Crippen LogP contribution in [-0.2, 0) is 0 Å². The molecule has 4 aromatic heterocycles. The van der Waals surface area contributed by atoms with Crippen molar-refractivity contribution in [3.63, 3.8) is 0 Å². The van der Waals surface area contributed by atoms with Gasteiger partial charge in [0.15, 0.2) is 0 Å². The summed E-state index contributed by atoms with van der Waals surface area (Å²) in [7, 11) is 0. The molecule has 10 rings (SSSR count). The summed E-state index contributed by atoms with van der Waals surface area (Å²) in [4.78, 5) is 11.8. The SMILES string of the molecule is c1ccc2c(-c3nc(-n4c5ccccc5c5cc6sc7ccccc7c6cc54)nc4sc5ccccc5c34)cccc2c1. The van der Waals surface area contributed by atoms with Crippen molar-refractivity contribution in [1.29, 1.82) is 0 Å². The molecule has 0 radical (unpaired) electrons. The first-order chi connectivity index (χ1) is 21.3. The van der Waals surface area contributed by atoms with E-state index >= 15 is 0 Å². The predicted molar refractivity (Wildman–Crippen MR) is 185 cm³/mol. The van der Waals surface area contributed by atoms with Crippen molar-refractivity contribution in [2.24, 2.45) is 0 Å². The Hall–Kier alpha value is -5.10. The Kier molecular flexibility index (Phi) is 4.75. The van der Waals surface area contributed by atoms with Gasteiger partial charge in [0.2, 0.25) is 5.95 Å². The zero-order valence-corrected chi connectivity index (χ0v) is 24.4. The number of benzene rings is 6. The monoisotopic (exact) mass is 583 g/mol. The number of nitrogens with zero attached hydrogens (tertiary/aromatic N) is 3. The van der Waals surface area contributed by atoms with Crippen molar-refractivity contribution in [3.05, 3.63) is 127 Å². The molecule has 3 nitrogen and oxygen atoms in total. The summed E-state index contributed by atoms with van der Waals surface area (Å²) in [5.41, 5.74) is 4.34. The van der Waals surface area contributed by atoms with Crippen molar-refractivity contribution < 1.29 is 0 Å². The van der Waals surface area contributed by atoms with Gasteiger partial charge in [-0.15, -0.1) is 22.7 Å². The minimum Gasteiger partial charge on any atom is -0.278 e. The number of para-hydroxylation sites is 1. The third-order valence-electron chi connectivity index (χ3n) is 8.64. The lowest BCUT2D eigenvalue weighted by Gasteiger charge is -2.12. The van der Waals surface area contributed by atoms with Crippen molar-refractivity contribution >= 4 is 95.7 Å². The van der Waals surface area contributed by atoms with E-state index in [0.717, 1.165) is 32.5 Å². The number of fused-ring (bicyclic) bond motifs is 10. The van der Waals surface area contributed by atoms with Crippen LogP contribution in [-0.4, -0.2) is 14.5 Å². The Morgan fingerprint density at radius 1 is 0.465 bits per heavy atom. The van der Waals surface area contributed by atoms with E-state index in [-0.39, 0.29) is 0 Å². The van der Waals surface area contributed by atoms with E-state index in [2.05, 4.69) is 132 Å². The van der Waals surface area contributed by atoms with Crippen LogP contribution in [0.25, 0.3) is 90.3 Å². The molecule has 0 spiro atoms. The lowest BCUT2D eigenvalue weighted by Crippen LogP contribution is -2.02. The molecule has 0 aliphatic heterocycles. The fourth-order valence-electron chi connectivity index (χ4n) is 6.74. The van der Waals surface area contributed by atoms with Crippen LogP contribution in [0.3, 0.4) is 0 Å². The van der Waals surface area contributed by atoms with Crippen LogP contribution < -0.4 is 0 Å². The van der Waals surface area contributed by atoms with Crippen molar-refractivity contribution in [3.8, 4) is 17.2 Å². The molecule has 0 fully saturated rings. The highest BCUT2D eigenvalue weighted by Gasteiger charge is 2.21. The normalized spacial score (nSPS) is 12.2. The fourth-order valence-corrected chi connectivity index (χ4v) is 8.94. The van der Waals surface area contributed by atoms with Crippen molar-refractivity contribution in [2.75, 3.05) is 0 Å². The standard InChI is InChI=1S/C38H21N3S2/c1-2-12-23-22(10-1)11-9-16-26(23)36-35-27-15-5-8-19-33(27)43-37(35)40-38(39-36)41-30-17-6-3-13-24(30)28-21-34-29(20-31(28)41)25-14-4-7-18-32(25)42-34/h1-21H. The van der Waals surface area contributed by atoms with Gasteiger partial charge in [-0.2, -0.15) is 0 Å². The first-order valence-electron chi connectivity index (χ1n) is 14.3. The maximum Gasteiger partial charge on any atom is 0.236 e. The zero-order valence-electron chi connectivity index (χ0n) is 22.8. The summed E-state index contributed by atoms with van der Waals surface area (Å²) in [5.74, 6) is 0.701. The van der Waals surface area contributed by atoms with Crippen LogP contribution >= 0.6 is 22.7 Å². The van der Waals surface area contributed by atoms with Crippen LogP contribution in [0.5, 0.6) is 0 Å². The van der Waals surface area contributed by atoms with E-state index < -0.39 is 0 Å². The molecular weight excluding hydrogens is 563 g/mol. The molecule has 0 aliphatic rings. The quantitative estimate of drug-likeness (QED) is 0.203. The van der Waals surface area contributed by atoms with Crippen LogP contribution in [0, 0.1) is 0 Å². The lowest BCUT2D eigenvalue weighted by molar-refractivity contribution is 1.02. The number of hydrogen-bond acceptors (Lipinski definition) is 4. The van der Waals surface area contributed by atoms with Gasteiger partial charge >= 0.3 is 0 Å². The summed E-state index contributed by atoms with van der Waals surface area (Å²) < 4.78 is 6.10. The molecule has 0 amide bonds. The second-order valence-electron chi connectivity index (χ2n) is 11.0. The first-order valence-corrected chi connectivity index (χ1v) is 16.0. The number of rotatable bonds is 2. The average molecular weight is 584 g/mol. The van der Waals surface area contributed by atoms with Crippen LogP contribution in [0.15, 0.2) is 127 Å². The van der Waals surface area contributed by atoms with Crippen molar-refractivity contribution in [2.45, 2.75) is 0 Å². The van der Waals surface area contributed by atoms with Gasteiger partial charge in [-0.05, 0) is 41.1 Å². The predicted octanol–water partition coefficient (Wildman–Crippen LogP) is 11.1. The van der Waals surface area contributed by atoms with E-state index in [1.807, 2.05) is 11.3 Å². The molecule has 0 aliphatic carbocycles. The maximum absolute atomic E-state index is 5.48. The number of aromatic nitrogens is 3. The maximum atomic E-state index is 5.48. The Morgan fingerprint density at radius 3 is 2.05 bits per heavy atom. The highest BCUT2D eigenvalue weighted by molar-refractivity contribution is 7.26. The van der Waals surface area contributed by atoms with Crippen LogP contribution in [0.2, 0.25) is 0 Å². The molecule has 6 aromatic carbocycles.